The number of rotatable bonds is 8. The third-order valence-corrected chi connectivity index (χ3v) is 5.60. The molecule has 1 aromatic carbocycles. The Kier molecular flexibility index (Phi) is 7.47. The van der Waals surface area contributed by atoms with Crippen molar-refractivity contribution in [3.8, 4) is 0 Å². The molecule has 0 saturated carbocycles. The molecule has 152 valence electrons. The van der Waals surface area contributed by atoms with Crippen molar-refractivity contribution in [3.63, 3.8) is 0 Å². The molecule has 3 N–H and O–H groups in total. The highest BCUT2D eigenvalue weighted by Gasteiger charge is 2.08. The summed E-state index contributed by atoms with van der Waals surface area (Å²) in [6.07, 6.45) is 2.65. The maximum atomic E-state index is 12.4. The number of nitrogens with zero attached hydrogens (tertiary/aromatic N) is 1. The van der Waals surface area contributed by atoms with Gasteiger partial charge in [-0.1, -0.05) is 19.1 Å². The molecule has 0 spiro atoms. The number of furan rings is 1. The highest BCUT2D eigenvalue weighted by Crippen LogP contribution is 2.16. The molecule has 3 aromatic rings. The van der Waals surface area contributed by atoms with Gasteiger partial charge in [0.1, 0.15) is 5.76 Å². The fourth-order valence-corrected chi connectivity index (χ4v) is 3.69. The van der Waals surface area contributed by atoms with Crippen molar-refractivity contribution in [2.24, 2.45) is 4.99 Å². The topological polar surface area (TPSA) is 78.7 Å². The van der Waals surface area contributed by atoms with Crippen LogP contribution in [0.5, 0.6) is 0 Å². The van der Waals surface area contributed by atoms with E-state index in [4.69, 9.17) is 4.42 Å². The average molecular weight is 411 g/mol. The summed E-state index contributed by atoms with van der Waals surface area (Å²) in [5, 5.41) is 9.48. The Balaban J connectivity index is 1.50. The molecule has 0 aliphatic rings. The largest absolute Gasteiger partial charge is 0.467 e. The molecule has 2 aromatic heterocycles. The van der Waals surface area contributed by atoms with Gasteiger partial charge in [-0.15, -0.1) is 11.3 Å². The summed E-state index contributed by atoms with van der Waals surface area (Å²) in [4.78, 5) is 19.3. The normalized spacial score (nSPS) is 11.3. The van der Waals surface area contributed by atoms with Crippen LogP contribution < -0.4 is 16.0 Å². The van der Waals surface area contributed by atoms with Crippen molar-refractivity contribution < 1.29 is 9.21 Å². The van der Waals surface area contributed by atoms with Crippen LogP contribution in [0.25, 0.3) is 0 Å². The summed E-state index contributed by atoms with van der Waals surface area (Å²) in [5.41, 5.74) is 1.62. The third kappa shape index (κ3) is 6.22. The first-order valence-electron chi connectivity index (χ1n) is 9.59. The van der Waals surface area contributed by atoms with Gasteiger partial charge in [-0.05, 0) is 48.4 Å². The summed E-state index contributed by atoms with van der Waals surface area (Å²) < 4.78 is 5.24. The summed E-state index contributed by atoms with van der Waals surface area (Å²) in [5.74, 6) is 1.32. The molecule has 0 saturated heterocycles. The van der Waals surface area contributed by atoms with Crippen molar-refractivity contribution in [1.82, 2.24) is 16.0 Å². The number of hydrogen-bond donors (Lipinski definition) is 3. The second kappa shape index (κ2) is 10.5. The van der Waals surface area contributed by atoms with Crippen molar-refractivity contribution in [1.29, 1.82) is 0 Å². The molecule has 1 amide bonds. The Bertz CT molecular complexity index is 947. The first-order valence-corrected chi connectivity index (χ1v) is 10.4. The van der Waals surface area contributed by atoms with Gasteiger partial charge in [-0.25, -0.2) is 0 Å². The fraction of sp³-hybridized carbons (Fsp3) is 0.273. The highest BCUT2D eigenvalue weighted by atomic mass is 32.1. The number of amides is 1. The van der Waals surface area contributed by atoms with E-state index in [-0.39, 0.29) is 5.91 Å². The fourth-order valence-electron chi connectivity index (χ4n) is 2.79. The van der Waals surface area contributed by atoms with Gasteiger partial charge in [0.2, 0.25) is 0 Å². The van der Waals surface area contributed by atoms with Crippen molar-refractivity contribution in [2.45, 2.75) is 33.0 Å². The zero-order chi connectivity index (χ0) is 20.5. The summed E-state index contributed by atoms with van der Waals surface area (Å²) in [6.45, 7) is 3.84. The van der Waals surface area contributed by atoms with E-state index < -0.39 is 0 Å². The van der Waals surface area contributed by atoms with Crippen LogP contribution in [0.1, 0.15) is 38.4 Å². The van der Waals surface area contributed by atoms with Gasteiger partial charge in [0.25, 0.3) is 5.91 Å². The molecule has 0 aliphatic carbocycles. The van der Waals surface area contributed by atoms with Gasteiger partial charge >= 0.3 is 0 Å². The highest BCUT2D eigenvalue weighted by molar-refractivity contribution is 7.11. The molecular weight excluding hydrogens is 384 g/mol. The van der Waals surface area contributed by atoms with Gasteiger partial charge in [0.05, 0.1) is 19.4 Å². The van der Waals surface area contributed by atoms with Crippen LogP contribution in [0.15, 0.2) is 64.2 Å². The van der Waals surface area contributed by atoms with E-state index in [1.807, 2.05) is 35.6 Å². The second-order valence-corrected chi connectivity index (χ2v) is 7.72. The number of nitrogens with one attached hydrogen (secondary N) is 3. The number of benzene rings is 1. The Hall–Kier alpha value is -3.06. The minimum Gasteiger partial charge on any atom is -0.467 e. The van der Waals surface area contributed by atoms with Crippen molar-refractivity contribution in [2.75, 3.05) is 7.05 Å². The molecule has 0 unspecified atom stereocenters. The molecule has 3 rings (SSSR count). The number of aryl methyl sites for hydroxylation is 1. The van der Waals surface area contributed by atoms with Crippen molar-refractivity contribution in [3.05, 3.63) is 81.4 Å². The number of guanidine groups is 1. The first-order chi connectivity index (χ1) is 14.2. The van der Waals surface area contributed by atoms with E-state index in [1.54, 1.807) is 25.4 Å². The number of hydrogen-bond acceptors (Lipinski definition) is 4. The molecule has 0 radical (unpaired) electrons. The molecule has 7 heteroatoms. The quantitative estimate of drug-likeness (QED) is 0.391. The van der Waals surface area contributed by atoms with Gasteiger partial charge < -0.3 is 20.4 Å². The zero-order valence-electron chi connectivity index (χ0n) is 16.7. The summed E-state index contributed by atoms with van der Waals surface area (Å²) >= 11 is 1.81. The van der Waals surface area contributed by atoms with Crippen LogP contribution in [0.2, 0.25) is 0 Å². The van der Waals surface area contributed by atoms with Crippen LogP contribution in [0, 0.1) is 0 Å². The monoisotopic (exact) mass is 410 g/mol. The van der Waals surface area contributed by atoms with Crippen molar-refractivity contribution >= 4 is 23.2 Å². The number of aliphatic imine (C=N–C) groups is 1. The molecule has 29 heavy (non-hydrogen) atoms. The van der Waals surface area contributed by atoms with Gasteiger partial charge in [0, 0.05) is 28.9 Å². The summed E-state index contributed by atoms with van der Waals surface area (Å²) in [7, 11) is 1.75. The van der Waals surface area contributed by atoms with Crippen LogP contribution in [0.3, 0.4) is 0 Å². The minimum absolute atomic E-state index is 0.129. The predicted octanol–water partition coefficient (Wildman–Crippen LogP) is 3.70. The first kappa shape index (κ1) is 20.7. The molecule has 0 atom stereocenters. The van der Waals surface area contributed by atoms with E-state index in [2.05, 4.69) is 40.0 Å². The lowest BCUT2D eigenvalue weighted by molar-refractivity contribution is 0.0948. The molecule has 6 nitrogen and oxygen atoms in total. The molecule has 2 heterocycles. The Morgan fingerprint density at radius 1 is 1.00 bits per heavy atom. The Morgan fingerprint density at radius 3 is 2.55 bits per heavy atom. The van der Waals surface area contributed by atoms with Gasteiger partial charge in [0.15, 0.2) is 5.96 Å². The third-order valence-electron chi connectivity index (χ3n) is 4.37. The minimum atomic E-state index is -0.129. The number of carbonyl (C=O) groups is 1. The smallest absolute Gasteiger partial charge is 0.251 e. The van der Waals surface area contributed by atoms with E-state index in [0.29, 0.717) is 18.7 Å². The van der Waals surface area contributed by atoms with Gasteiger partial charge in [-0.2, -0.15) is 0 Å². The molecule has 0 fully saturated rings. The van der Waals surface area contributed by atoms with Gasteiger partial charge in [-0.3, -0.25) is 9.79 Å². The Morgan fingerprint density at radius 2 is 1.83 bits per heavy atom. The second-order valence-electron chi connectivity index (χ2n) is 6.46. The maximum absolute atomic E-state index is 12.4. The standard InChI is InChI=1S/C22H26N4O2S/c1-3-19-9-10-20(29-19)15-26-22(23-2)25-13-16-6-4-7-17(12-16)21(27)24-14-18-8-5-11-28-18/h4-12H,3,13-15H2,1-2H3,(H,24,27)(H2,23,25,26). The summed E-state index contributed by atoms with van der Waals surface area (Å²) in [6, 6.07) is 15.5. The predicted molar refractivity (Wildman–Crippen MR) is 117 cm³/mol. The zero-order valence-corrected chi connectivity index (χ0v) is 17.5. The lowest BCUT2D eigenvalue weighted by Gasteiger charge is -2.12. The van der Waals surface area contributed by atoms with Crippen LogP contribution in [-0.2, 0) is 26.1 Å². The van der Waals surface area contributed by atoms with E-state index in [9.17, 15) is 4.79 Å². The molecular formula is C22H26N4O2S. The van der Waals surface area contributed by atoms with E-state index >= 15 is 0 Å². The number of carbonyl (C=O) groups excluding carboxylic acids is 1. The number of thiophene rings is 1. The average Bonchev–Trinajstić information content (AvgIpc) is 3.44. The van der Waals surface area contributed by atoms with E-state index in [0.717, 1.165) is 30.2 Å². The lowest BCUT2D eigenvalue weighted by atomic mass is 10.1. The van der Waals surface area contributed by atoms with Crippen LogP contribution in [-0.4, -0.2) is 18.9 Å². The Labute approximate surface area is 175 Å². The maximum Gasteiger partial charge on any atom is 0.251 e. The lowest BCUT2D eigenvalue weighted by Crippen LogP contribution is -2.36. The van der Waals surface area contributed by atoms with Crippen LogP contribution in [0.4, 0.5) is 0 Å². The molecule has 0 aliphatic heterocycles. The van der Waals surface area contributed by atoms with Crippen LogP contribution >= 0.6 is 11.3 Å². The van der Waals surface area contributed by atoms with E-state index in [1.165, 1.54) is 9.75 Å². The SMILES string of the molecule is CCc1ccc(CNC(=NC)NCc2cccc(C(=O)NCc3ccco3)c2)s1. The molecule has 0 bridgehead atoms.